The van der Waals surface area contributed by atoms with E-state index >= 15 is 0 Å². The summed E-state index contributed by atoms with van der Waals surface area (Å²) in [5, 5.41) is 3.16. The normalized spacial score (nSPS) is 32.2. The lowest BCUT2D eigenvalue weighted by Crippen LogP contribution is -2.51. The zero-order chi connectivity index (χ0) is 12.4. The summed E-state index contributed by atoms with van der Waals surface area (Å²) in [6.07, 6.45) is 4.54. The number of hydrogen-bond acceptors (Lipinski definition) is 3. The van der Waals surface area contributed by atoms with Crippen LogP contribution in [0.4, 0.5) is 0 Å². The lowest BCUT2D eigenvalue weighted by Gasteiger charge is -2.24. The van der Waals surface area contributed by atoms with Crippen molar-refractivity contribution >= 4 is 5.91 Å². The molecule has 0 aliphatic carbocycles. The molecule has 2 rings (SSSR count). The standard InChI is InChI=1S/C13H25N3O/c1-3-9(2)12(14)13(17)15-10-6-8-16-7-4-5-11(10)16/h9-12H,3-8,14H2,1-2H3,(H,15,17). The van der Waals surface area contributed by atoms with E-state index in [4.69, 9.17) is 5.73 Å². The molecule has 0 bridgehead atoms. The quantitative estimate of drug-likeness (QED) is 0.760. The van der Waals surface area contributed by atoms with Crippen molar-refractivity contribution in [3.05, 3.63) is 0 Å². The highest BCUT2D eigenvalue weighted by Crippen LogP contribution is 2.27. The molecule has 4 nitrogen and oxygen atoms in total. The van der Waals surface area contributed by atoms with Gasteiger partial charge in [-0.1, -0.05) is 20.3 Å². The summed E-state index contributed by atoms with van der Waals surface area (Å²) in [6, 6.07) is 0.554. The predicted molar refractivity (Wildman–Crippen MR) is 68.6 cm³/mol. The Bertz CT molecular complexity index is 282. The van der Waals surface area contributed by atoms with E-state index in [2.05, 4.69) is 17.1 Å². The number of nitrogens with zero attached hydrogens (tertiary/aromatic N) is 1. The van der Waals surface area contributed by atoms with Crippen LogP contribution in [0.5, 0.6) is 0 Å². The Morgan fingerprint density at radius 2 is 2.24 bits per heavy atom. The van der Waals surface area contributed by atoms with Crippen molar-refractivity contribution in [3.63, 3.8) is 0 Å². The predicted octanol–water partition coefficient (Wildman–Crippen LogP) is 0.713. The minimum atomic E-state index is -0.351. The van der Waals surface area contributed by atoms with Crippen molar-refractivity contribution in [2.75, 3.05) is 13.1 Å². The maximum absolute atomic E-state index is 12.0. The largest absolute Gasteiger partial charge is 0.350 e. The molecule has 0 aromatic carbocycles. The number of nitrogens with two attached hydrogens (primary N) is 1. The molecule has 98 valence electrons. The van der Waals surface area contributed by atoms with Gasteiger partial charge in [0.05, 0.1) is 6.04 Å². The fourth-order valence-corrected chi connectivity index (χ4v) is 3.04. The highest BCUT2D eigenvalue weighted by molar-refractivity contribution is 5.82. The molecule has 0 aromatic rings. The van der Waals surface area contributed by atoms with Crippen LogP contribution >= 0.6 is 0 Å². The monoisotopic (exact) mass is 239 g/mol. The molecule has 0 radical (unpaired) electrons. The third-order valence-corrected chi connectivity index (χ3v) is 4.49. The molecule has 4 atom stereocenters. The first-order valence-electron chi connectivity index (χ1n) is 6.93. The van der Waals surface area contributed by atoms with E-state index in [9.17, 15) is 4.79 Å². The van der Waals surface area contributed by atoms with E-state index in [1.54, 1.807) is 0 Å². The number of fused-ring (bicyclic) bond motifs is 1. The van der Waals surface area contributed by atoms with E-state index in [1.165, 1.54) is 19.4 Å². The van der Waals surface area contributed by atoms with Gasteiger partial charge < -0.3 is 11.1 Å². The first kappa shape index (κ1) is 12.8. The van der Waals surface area contributed by atoms with Crippen LogP contribution < -0.4 is 11.1 Å². The Balaban J connectivity index is 1.86. The van der Waals surface area contributed by atoms with Gasteiger partial charge in [-0.15, -0.1) is 0 Å². The van der Waals surface area contributed by atoms with Crippen molar-refractivity contribution in [1.82, 2.24) is 10.2 Å². The number of hydrogen-bond donors (Lipinski definition) is 2. The molecule has 0 saturated carbocycles. The van der Waals surface area contributed by atoms with Gasteiger partial charge in [0.15, 0.2) is 0 Å². The Labute approximate surface area is 104 Å². The zero-order valence-electron chi connectivity index (χ0n) is 11.0. The first-order valence-corrected chi connectivity index (χ1v) is 6.93. The number of carbonyl (C=O) groups excluding carboxylic acids is 1. The second-order valence-electron chi connectivity index (χ2n) is 5.56. The highest BCUT2D eigenvalue weighted by atomic mass is 16.2. The Morgan fingerprint density at radius 3 is 2.94 bits per heavy atom. The van der Waals surface area contributed by atoms with Crippen molar-refractivity contribution in [2.24, 2.45) is 11.7 Å². The number of rotatable bonds is 4. The molecule has 0 spiro atoms. The van der Waals surface area contributed by atoms with E-state index in [1.807, 2.05) is 6.92 Å². The second kappa shape index (κ2) is 5.36. The molecule has 2 saturated heterocycles. The minimum absolute atomic E-state index is 0.0399. The molecule has 17 heavy (non-hydrogen) atoms. The van der Waals surface area contributed by atoms with E-state index in [0.717, 1.165) is 19.4 Å². The highest BCUT2D eigenvalue weighted by Gasteiger charge is 2.38. The molecule has 2 fully saturated rings. The zero-order valence-corrected chi connectivity index (χ0v) is 11.0. The number of nitrogens with one attached hydrogen (secondary N) is 1. The van der Waals surface area contributed by atoms with Gasteiger partial charge >= 0.3 is 0 Å². The smallest absolute Gasteiger partial charge is 0.237 e. The molecule has 3 N–H and O–H groups in total. The fourth-order valence-electron chi connectivity index (χ4n) is 3.04. The van der Waals surface area contributed by atoms with Gasteiger partial charge in [0.25, 0.3) is 0 Å². The van der Waals surface area contributed by atoms with Crippen molar-refractivity contribution in [1.29, 1.82) is 0 Å². The summed E-state index contributed by atoms with van der Waals surface area (Å²) in [5.74, 6) is 0.300. The Hall–Kier alpha value is -0.610. The molecule has 4 unspecified atom stereocenters. The van der Waals surface area contributed by atoms with Gasteiger partial charge in [0.1, 0.15) is 0 Å². The molecule has 1 amide bonds. The lowest BCUT2D eigenvalue weighted by molar-refractivity contribution is -0.124. The van der Waals surface area contributed by atoms with Crippen LogP contribution in [-0.2, 0) is 4.79 Å². The van der Waals surface area contributed by atoms with Gasteiger partial charge in [0.2, 0.25) is 5.91 Å². The molecule has 2 aliphatic heterocycles. The maximum Gasteiger partial charge on any atom is 0.237 e. The maximum atomic E-state index is 12.0. The van der Waals surface area contributed by atoms with Gasteiger partial charge in [-0.3, -0.25) is 9.69 Å². The van der Waals surface area contributed by atoms with Crippen LogP contribution in [0.2, 0.25) is 0 Å². The van der Waals surface area contributed by atoms with Crippen LogP contribution in [-0.4, -0.2) is 42.0 Å². The molecule has 2 aliphatic rings. The second-order valence-corrected chi connectivity index (χ2v) is 5.56. The van der Waals surface area contributed by atoms with Gasteiger partial charge in [-0.2, -0.15) is 0 Å². The van der Waals surface area contributed by atoms with Crippen LogP contribution in [0, 0.1) is 5.92 Å². The molecular weight excluding hydrogens is 214 g/mol. The van der Waals surface area contributed by atoms with Gasteiger partial charge in [-0.25, -0.2) is 0 Å². The summed E-state index contributed by atoms with van der Waals surface area (Å²) in [5.41, 5.74) is 5.96. The Kier molecular flexibility index (Phi) is 4.05. The van der Waals surface area contributed by atoms with Gasteiger partial charge in [-0.05, 0) is 31.7 Å². The van der Waals surface area contributed by atoms with Crippen LogP contribution in [0.15, 0.2) is 0 Å². The lowest BCUT2D eigenvalue weighted by atomic mass is 9.98. The topological polar surface area (TPSA) is 58.4 Å². The summed E-state index contributed by atoms with van der Waals surface area (Å²) in [6.45, 7) is 6.45. The van der Waals surface area contributed by atoms with Crippen molar-refractivity contribution in [3.8, 4) is 0 Å². The van der Waals surface area contributed by atoms with E-state index in [0.29, 0.717) is 12.1 Å². The van der Waals surface area contributed by atoms with Crippen molar-refractivity contribution < 1.29 is 4.79 Å². The van der Waals surface area contributed by atoms with Gasteiger partial charge in [0, 0.05) is 18.6 Å². The summed E-state index contributed by atoms with van der Waals surface area (Å²) in [4.78, 5) is 14.5. The SMILES string of the molecule is CCC(C)C(N)C(=O)NC1CCN2CCCC12. The molecular formula is C13H25N3O. The third kappa shape index (κ3) is 2.63. The average molecular weight is 239 g/mol. The average Bonchev–Trinajstić information content (AvgIpc) is 2.91. The molecule has 4 heteroatoms. The molecule has 2 heterocycles. The van der Waals surface area contributed by atoms with Crippen LogP contribution in [0.25, 0.3) is 0 Å². The third-order valence-electron chi connectivity index (χ3n) is 4.49. The summed E-state index contributed by atoms with van der Waals surface area (Å²) in [7, 11) is 0. The summed E-state index contributed by atoms with van der Waals surface area (Å²) >= 11 is 0. The number of amides is 1. The number of carbonyl (C=O) groups is 1. The minimum Gasteiger partial charge on any atom is -0.350 e. The van der Waals surface area contributed by atoms with E-state index in [-0.39, 0.29) is 17.9 Å². The van der Waals surface area contributed by atoms with Crippen molar-refractivity contribution in [2.45, 2.75) is 57.7 Å². The molecule has 0 aromatic heterocycles. The Morgan fingerprint density at radius 1 is 1.47 bits per heavy atom. The first-order chi connectivity index (χ1) is 8.13. The summed E-state index contributed by atoms with van der Waals surface area (Å²) < 4.78 is 0. The van der Waals surface area contributed by atoms with E-state index < -0.39 is 0 Å². The van der Waals surface area contributed by atoms with Crippen LogP contribution in [0.3, 0.4) is 0 Å². The fraction of sp³-hybridized carbons (Fsp3) is 0.923. The van der Waals surface area contributed by atoms with Crippen LogP contribution in [0.1, 0.15) is 39.5 Å².